The zero-order valence-corrected chi connectivity index (χ0v) is 22.6. The molecular formula is C31H39N3O5. The van der Waals surface area contributed by atoms with E-state index in [1.165, 1.54) is 0 Å². The van der Waals surface area contributed by atoms with Gasteiger partial charge in [-0.05, 0) is 74.4 Å². The number of hydrogen-bond donors (Lipinski definition) is 1. The minimum Gasteiger partial charge on any atom is -0.494 e. The molecule has 0 saturated carbocycles. The molecule has 2 amide bonds. The lowest BCUT2D eigenvalue weighted by Gasteiger charge is -2.51. The van der Waals surface area contributed by atoms with Crippen molar-refractivity contribution in [2.75, 3.05) is 39.3 Å². The maximum Gasteiger partial charge on any atom is 0.408 e. The van der Waals surface area contributed by atoms with Crippen LogP contribution < -0.4 is 10.1 Å². The van der Waals surface area contributed by atoms with E-state index in [2.05, 4.69) is 10.2 Å². The van der Waals surface area contributed by atoms with Crippen LogP contribution >= 0.6 is 0 Å². The number of fused-ring (bicyclic) bond motifs is 3. The highest BCUT2D eigenvalue weighted by Gasteiger charge is 2.48. The maximum absolute atomic E-state index is 13.0. The number of aryl methyl sites for hydroxylation is 1. The van der Waals surface area contributed by atoms with Crippen LogP contribution in [0, 0.1) is 5.92 Å². The fourth-order valence-corrected chi connectivity index (χ4v) is 5.96. The number of carbonyl (C=O) groups is 3. The number of nitrogens with one attached hydrogen (secondary N) is 1. The number of piperidine rings is 3. The number of ether oxygens (including phenoxy) is 2. The molecule has 4 aliphatic heterocycles. The molecule has 2 aromatic rings. The molecule has 4 fully saturated rings. The van der Waals surface area contributed by atoms with Gasteiger partial charge in [0.1, 0.15) is 23.7 Å². The van der Waals surface area contributed by atoms with E-state index in [-0.39, 0.29) is 12.0 Å². The van der Waals surface area contributed by atoms with E-state index in [1.807, 2.05) is 59.5 Å². The summed E-state index contributed by atoms with van der Waals surface area (Å²) in [7, 11) is 0. The number of carbonyl (C=O) groups excluding carboxylic acids is 3. The summed E-state index contributed by atoms with van der Waals surface area (Å²) in [6.07, 6.45) is 5.95. The van der Waals surface area contributed by atoms with Crippen LogP contribution in [0.3, 0.4) is 0 Å². The van der Waals surface area contributed by atoms with Crippen molar-refractivity contribution in [1.29, 1.82) is 0 Å². The molecule has 4 aliphatic rings. The summed E-state index contributed by atoms with van der Waals surface area (Å²) in [6.45, 7) is 4.46. The van der Waals surface area contributed by atoms with Gasteiger partial charge in [-0.3, -0.25) is 9.69 Å². The Bertz CT molecular complexity index is 1110. The standard InChI is InChI=1S/C31H39N3O5/c35-19-5-2-6-20-38-27-12-9-24(10-13-27)11-14-29(36)34-22-31(23-34,26-7-3-1-4-8-26)32-30(37)39-28-21-33-17-15-25(28)16-18-33/h1,3-4,7-10,12-13,19,25,28H,2,5-6,11,14-18,20-23H2,(H,32,37)/t28-/m0/s1. The van der Waals surface area contributed by atoms with Crippen molar-refractivity contribution in [2.24, 2.45) is 5.92 Å². The first kappa shape index (κ1) is 27.2. The molecular weight excluding hydrogens is 494 g/mol. The lowest BCUT2D eigenvalue weighted by Crippen LogP contribution is -2.69. The summed E-state index contributed by atoms with van der Waals surface area (Å²) in [4.78, 5) is 40.6. The average Bonchev–Trinajstić information content (AvgIpc) is 2.95. The minimum atomic E-state index is -0.632. The highest BCUT2D eigenvalue weighted by Crippen LogP contribution is 2.34. The monoisotopic (exact) mass is 533 g/mol. The number of benzene rings is 2. The van der Waals surface area contributed by atoms with Crippen molar-refractivity contribution in [1.82, 2.24) is 15.1 Å². The van der Waals surface area contributed by atoms with Crippen LogP contribution in [0.15, 0.2) is 54.6 Å². The Morgan fingerprint density at radius 1 is 1.00 bits per heavy atom. The Labute approximate surface area is 230 Å². The van der Waals surface area contributed by atoms with Gasteiger partial charge in [-0.2, -0.15) is 0 Å². The number of hydrogen-bond acceptors (Lipinski definition) is 6. The molecule has 208 valence electrons. The molecule has 0 aliphatic carbocycles. The predicted octanol–water partition coefficient (Wildman–Crippen LogP) is 3.93. The fourth-order valence-electron chi connectivity index (χ4n) is 5.96. The zero-order chi connectivity index (χ0) is 27.1. The number of rotatable bonds is 12. The van der Waals surface area contributed by atoms with Gasteiger partial charge in [-0.25, -0.2) is 4.79 Å². The highest BCUT2D eigenvalue weighted by atomic mass is 16.6. The highest BCUT2D eigenvalue weighted by molar-refractivity contribution is 5.79. The van der Waals surface area contributed by atoms with E-state index in [9.17, 15) is 14.4 Å². The molecule has 8 heteroatoms. The molecule has 8 nitrogen and oxygen atoms in total. The quantitative estimate of drug-likeness (QED) is 0.329. The number of aldehydes is 1. The van der Waals surface area contributed by atoms with Gasteiger partial charge in [-0.15, -0.1) is 0 Å². The maximum atomic E-state index is 13.0. The summed E-state index contributed by atoms with van der Waals surface area (Å²) >= 11 is 0. The number of nitrogens with zero attached hydrogens (tertiary/aromatic N) is 2. The van der Waals surface area contributed by atoms with E-state index in [4.69, 9.17) is 9.47 Å². The molecule has 4 heterocycles. The summed E-state index contributed by atoms with van der Waals surface area (Å²) in [5.41, 5.74) is 1.43. The summed E-state index contributed by atoms with van der Waals surface area (Å²) in [6, 6.07) is 17.7. The van der Waals surface area contributed by atoms with Crippen LogP contribution in [-0.4, -0.2) is 73.5 Å². The minimum absolute atomic E-state index is 0.0580. The Kier molecular flexibility index (Phi) is 8.81. The predicted molar refractivity (Wildman–Crippen MR) is 147 cm³/mol. The molecule has 2 aromatic carbocycles. The third kappa shape index (κ3) is 6.79. The first-order chi connectivity index (χ1) is 19.0. The lowest BCUT2D eigenvalue weighted by molar-refractivity contribution is -0.140. The third-order valence-electron chi connectivity index (χ3n) is 8.33. The topological polar surface area (TPSA) is 88.2 Å². The number of amides is 2. The lowest BCUT2D eigenvalue weighted by atomic mass is 9.82. The van der Waals surface area contributed by atoms with E-state index in [0.717, 1.165) is 68.5 Å². The summed E-state index contributed by atoms with van der Waals surface area (Å²) in [5, 5.41) is 3.14. The molecule has 1 N–H and O–H groups in total. The number of alkyl carbamates (subject to hydrolysis) is 1. The Hall–Kier alpha value is -3.39. The second-order valence-electron chi connectivity index (χ2n) is 11.1. The van der Waals surface area contributed by atoms with Crippen LogP contribution in [0.4, 0.5) is 4.79 Å². The van der Waals surface area contributed by atoms with Gasteiger partial charge < -0.3 is 24.5 Å². The van der Waals surface area contributed by atoms with Gasteiger partial charge in [0.05, 0.1) is 6.61 Å². The van der Waals surface area contributed by atoms with Crippen LogP contribution in [0.1, 0.15) is 49.7 Å². The number of likely N-dealkylation sites (tertiary alicyclic amines) is 1. The smallest absolute Gasteiger partial charge is 0.408 e. The normalized spacial score (nSPS) is 23.0. The molecule has 2 bridgehead atoms. The van der Waals surface area contributed by atoms with Gasteiger partial charge in [0.25, 0.3) is 0 Å². The van der Waals surface area contributed by atoms with E-state index in [1.54, 1.807) is 0 Å². The van der Waals surface area contributed by atoms with E-state index in [0.29, 0.717) is 44.9 Å². The van der Waals surface area contributed by atoms with Crippen LogP contribution in [-0.2, 0) is 26.3 Å². The molecule has 39 heavy (non-hydrogen) atoms. The second kappa shape index (κ2) is 12.6. The number of unbranched alkanes of at least 4 members (excludes halogenated alkanes) is 2. The van der Waals surface area contributed by atoms with Gasteiger partial charge >= 0.3 is 6.09 Å². The van der Waals surface area contributed by atoms with E-state index < -0.39 is 11.6 Å². The molecule has 4 saturated heterocycles. The first-order valence-electron chi connectivity index (χ1n) is 14.2. The summed E-state index contributed by atoms with van der Waals surface area (Å²) < 4.78 is 11.6. The Balaban J connectivity index is 1.11. The molecule has 0 aromatic heterocycles. The van der Waals surface area contributed by atoms with Crippen LogP contribution in [0.5, 0.6) is 5.75 Å². The van der Waals surface area contributed by atoms with Crippen molar-refractivity contribution in [2.45, 2.75) is 56.6 Å². The Morgan fingerprint density at radius 3 is 2.41 bits per heavy atom. The van der Waals surface area contributed by atoms with Crippen molar-refractivity contribution < 1.29 is 23.9 Å². The van der Waals surface area contributed by atoms with Crippen molar-refractivity contribution in [3.8, 4) is 5.75 Å². The van der Waals surface area contributed by atoms with Gasteiger partial charge in [0.15, 0.2) is 0 Å². The van der Waals surface area contributed by atoms with Gasteiger partial charge in [0, 0.05) is 32.5 Å². The van der Waals surface area contributed by atoms with Crippen LogP contribution in [0.25, 0.3) is 0 Å². The fraction of sp³-hybridized carbons (Fsp3) is 0.516. The molecule has 0 unspecified atom stereocenters. The molecule has 0 radical (unpaired) electrons. The summed E-state index contributed by atoms with van der Waals surface area (Å²) in [5.74, 6) is 1.31. The Morgan fingerprint density at radius 2 is 1.74 bits per heavy atom. The third-order valence-corrected chi connectivity index (χ3v) is 8.33. The first-order valence-corrected chi connectivity index (χ1v) is 14.2. The van der Waals surface area contributed by atoms with Crippen molar-refractivity contribution >= 4 is 18.3 Å². The SMILES string of the molecule is O=CCCCCOc1ccc(CCC(=O)N2CC(NC(=O)O[C@H]3CN4CCC3CC4)(c3ccccc3)C2)cc1. The van der Waals surface area contributed by atoms with Gasteiger partial charge in [-0.1, -0.05) is 42.5 Å². The molecule has 6 rings (SSSR count). The largest absolute Gasteiger partial charge is 0.494 e. The average molecular weight is 534 g/mol. The molecule has 0 spiro atoms. The van der Waals surface area contributed by atoms with Crippen LogP contribution in [0.2, 0.25) is 0 Å². The van der Waals surface area contributed by atoms with Gasteiger partial charge in [0.2, 0.25) is 5.91 Å². The van der Waals surface area contributed by atoms with Crippen molar-refractivity contribution in [3.05, 3.63) is 65.7 Å². The zero-order valence-electron chi connectivity index (χ0n) is 22.6. The molecule has 1 atom stereocenters. The van der Waals surface area contributed by atoms with E-state index >= 15 is 0 Å². The van der Waals surface area contributed by atoms with Crippen molar-refractivity contribution in [3.63, 3.8) is 0 Å². The second-order valence-corrected chi connectivity index (χ2v) is 11.1.